The first-order chi connectivity index (χ1) is 11.6. The van der Waals surface area contributed by atoms with Crippen molar-refractivity contribution in [2.75, 3.05) is 5.32 Å². The molecule has 3 N–H and O–H groups in total. The minimum atomic E-state index is -0.436. The Bertz CT molecular complexity index is 828. The molecule has 1 heterocycles. The summed E-state index contributed by atoms with van der Waals surface area (Å²) in [6.45, 7) is 2.40. The Morgan fingerprint density at radius 1 is 1.21 bits per heavy atom. The fourth-order valence-electron chi connectivity index (χ4n) is 2.37. The van der Waals surface area contributed by atoms with Gasteiger partial charge in [0, 0.05) is 11.3 Å². The van der Waals surface area contributed by atoms with Crippen molar-refractivity contribution in [3.05, 3.63) is 66.4 Å². The standard InChI is InChI=1S/C18H19N5O/c1-13(18(19)24)20-16-9-5-8-15(10-16)17-12-23(22-21-17)11-14-6-3-2-4-7-14/h2-10,12-13,20H,11H2,1H3,(H2,19,24)/t13-/m0/s1. The Labute approximate surface area is 140 Å². The number of hydrogen-bond donors (Lipinski definition) is 2. The normalized spacial score (nSPS) is 11.9. The van der Waals surface area contributed by atoms with Gasteiger partial charge < -0.3 is 11.1 Å². The molecule has 0 aliphatic carbocycles. The molecule has 2 aromatic carbocycles. The van der Waals surface area contributed by atoms with Gasteiger partial charge in [0.05, 0.1) is 12.7 Å². The van der Waals surface area contributed by atoms with Gasteiger partial charge in [0.25, 0.3) is 0 Å². The SMILES string of the molecule is C[C@H](Nc1cccc(-c2cn(Cc3ccccc3)nn2)c1)C(N)=O. The summed E-state index contributed by atoms with van der Waals surface area (Å²) in [4.78, 5) is 11.2. The molecule has 122 valence electrons. The van der Waals surface area contributed by atoms with Crippen molar-refractivity contribution in [3.63, 3.8) is 0 Å². The molecule has 0 aliphatic heterocycles. The zero-order valence-electron chi connectivity index (χ0n) is 13.4. The highest BCUT2D eigenvalue weighted by molar-refractivity contribution is 5.82. The molecule has 0 bridgehead atoms. The number of rotatable bonds is 6. The van der Waals surface area contributed by atoms with Crippen LogP contribution in [0.4, 0.5) is 5.69 Å². The van der Waals surface area contributed by atoms with Gasteiger partial charge in [0.2, 0.25) is 5.91 Å². The van der Waals surface area contributed by atoms with Crippen LogP contribution in [-0.2, 0) is 11.3 Å². The number of benzene rings is 2. The quantitative estimate of drug-likeness (QED) is 0.729. The molecule has 0 saturated carbocycles. The van der Waals surface area contributed by atoms with E-state index in [0.717, 1.165) is 16.9 Å². The highest BCUT2D eigenvalue weighted by Gasteiger charge is 2.09. The Kier molecular flexibility index (Phi) is 4.56. The van der Waals surface area contributed by atoms with Crippen molar-refractivity contribution >= 4 is 11.6 Å². The van der Waals surface area contributed by atoms with Crippen molar-refractivity contribution in [2.24, 2.45) is 5.73 Å². The van der Waals surface area contributed by atoms with Crippen LogP contribution in [0.2, 0.25) is 0 Å². The molecule has 24 heavy (non-hydrogen) atoms. The summed E-state index contributed by atoms with van der Waals surface area (Å²) in [7, 11) is 0. The topological polar surface area (TPSA) is 85.8 Å². The Balaban J connectivity index is 1.76. The summed E-state index contributed by atoms with van der Waals surface area (Å²) in [6.07, 6.45) is 1.91. The summed E-state index contributed by atoms with van der Waals surface area (Å²) in [6, 6.07) is 17.3. The molecular weight excluding hydrogens is 302 g/mol. The van der Waals surface area contributed by atoms with Gasteiger partial charge in [-0.25, -0.2) is 4.68 Å². The van der Waals surface area contributed by atoms with Crippen LogP contribution in [-0.4, -0.2) is 26.9 Å². The number of primary amides is 1. The molecule has 1 amide bonds. The zero-order valence-corrected chi connectivity index (χ0v) is 13.4. The summed E-state index contributed by atoms with van der Waals surface area (Å²) in [5.41, 5.74) is 8.97. The molecule has 6 heteroatoms. The van der Waals surface area contributed by atoms with Gasteiger partial charge in [-0.05, 0) is 24.6 Å². The predicted molar refractivity (Wildman–Crippen MR) is 93.3 cm³/mol. The fourth-order valence-corrected chi connectivity index (χ4v) is 2.37. The lowest BCUT2D eigenvalue weighted by Crippen LogP contribution is -2.32. The molecule has 0 saturated heterocycles. The second kappa shape index (κ2) is 6.95. The van der Waals surface area contributed by atoms with E-state index in [1.54, 1.807) is 11.6 Å². The third-order valence-electron chi connectivity index (χ3n) is 3.69. The number of nitrogens with one attached hydrogen (secondary N) is 1. The zero-order chi connectivity index (χ0) is 16.9. The number of carbonyl (C=O) groups excluding carboxylic acids is 1. The molecule has 3 rings (SSSR count). The average Bonchev–Trinajstić information content (AvgIpc) is 3.04. The van der Waals surface area contributed by atoms with Gasteiger partial charge in [0.1, 0.15) is 11.7 Å². The maximum absolute atomic E-state index is 11.2. The number of nitrogens with zero attached hydrogens (tertiary/aromatic N) is 3. The molecule has 1 aromatic heterocycles. The van der Waals surface area contributed by atoms with Crippen LogP contribution >= 0.6 is 0 Å². The second-order valence-corrected chi connectivity index (χ2v) is 5.64. The molecule has 0 fully saturated rings. The summed E-state index contributed by atoms with van der Waals surface area (Å²) < 4.78 is 1.80. The lowest BCUT2D eigenvalue weighted by atomic mass is 10.1. The van der Waals surface area contributed by atoms with E-state index in [4.69, 9.17) is 5.73 Å². The van der Waals surface area contributed by atoms with Gasteiger partial charge in [-0.15, -0.1) is 5.10 Å². The average molecular weight is 321 g/mol. The molecule has 3 aromatic rings. The van der Waals surface area contributed by atoms with Crippen molar-refractivity contribution in [2.45, 2.75) is 19.5 Å². The Hall–Kier alpha value is -3.15. The van der Waals surface area contributed by atoms with E-state index in [1.165, 1.54) is 5.56 Å². The van der Waals surface area contributed by atoms with Crippen LogP contribution in [0.1, 0.15) is 12.5 Å². The number of carbonyl (C=O) groups is 1. The van der Waals surface area contributed by atoms with Crippen LogP contribution in [0, 0.1) is 0 Å². The van der Waals surface area contributed by atoms with Gasteiger partial charge in [0.15, 0.2) is 0 Å². The Morgan fingerprint density at radius 3 is 2.75 bits per heavy atom. The van der Waals surface area contributed by atoms with E-state index in [1.807, 2.05) is 48.7 Å². The van der Waals surface area contributed by atoms with Crippen LogP contribution in [0.5, 0.6) is 0 Å². The van der Waals surface area contributed by atoms with E-state index in [-0.39, 0.29) is 0 Å². The molecule has 0 aliphatic rings. The van der Waals surface area contributed by atoms with Gasteiger partial charge >= 0.3 is 0 Å². The third kappa shape index (κ3) is 3.78. The number of amides is 1. The highest BCUT2D eigenvalue weighted by Crippen LogP contribution is 2.21. The van der Waals surface area contributed by atoms with Crippen molar-refractivity contribution in [1.29, 1.82) is 0 Å². The lowest BCUT2D eigenvalue weighted by Gasteiger charge is -2.12. The highest BCUT2D eigenvalue weighted by atomic mass is 16.1. The molecule has 0 unspecified atom stereocenters. The van der Waals surface area contributed by atoms with E-state index in [2.05, 4.69) is 27.8 Å². The molecule has 0 radical (unpaired) electrons. The van der Waals surface area contributed by atoms with Crippen LogP contribution in [0.3, 0.4) is 0 Å². The first-order valence-corrected chi connectivity index (χ1v) is 7.72. The van der Waals surface area contributed by atoms with Crippen LogP contribution in [0.25, 0.3) is 11.3 Å². The van der Waals surface area contributed by atoms with E-state index in [0.29, 0.717) is 6.54 Å². The predicted octanol–water partition coefficient (Wildman–Crippen LogP) is 2.28. The van der Waals surface area contributed by atoms with Crippen LogP contribution < -0.4 is 11.1 Å². The van der Waals surface area contributed by atoms with Gasteiger partial charge in [-0.2, -0.15) is 0 Å². The second-order valence-electron chi connectivity index (χ2n) is 5.64. The van der Waals surface area contributed by atoms with Gasteiger partial charge in [-0.1, -0.05) is 47.7 Å². The van der Waals surface area contributed by atoms with E-state index in [9.17, 15) is 4.79 Å². The first kappa shape index (κ1) is 15.7. The monoisotopic (exact) mass is 321 g/mol. The molecule has 6 nitrogen and oxygen atoms in total. The van der Waals surface area contributed by atoms with E-state index >= 15 is 0 Å². The van der Waals surface area contributed by atoms with Crippen molar-refractivity contribution in [3.8, 4) is 11.3 Å². The minimum Gasteiger partial charge on any atom is -0.374 e. The molecule has 1 atom stereocenters. The first-order valence-electron chi connectivity index (χ1n) is 7.72. The van der Waals surface area contributed by atoms with Crippen molar-refractivity contribution in [1.82, 2.24) is 15.0 Å². The molecule has 0 spiro atoms. The maximum Gasteiger partial charge on any atom is 0.239 e. The fraction of sp³-hybridized carbons (Fsp3) is 0.167. The Morgan fingerprint density at radius 2 is 2.00 bits per heavy atom. The third-order valence-corrected chi connectivity index (χ3v) is 3.69. The maximum atomic E-state index is 11.2. The summed E-state index contributed by atoms with van der Waals surface area (Å²) >= 11 is 0. The number of anilines is 1. The smallest absolute Gasteiger partial charge is 0.239 e. The lowest BCUT2D eigenvalue weighted by molar-refractivity contribution is -0.118. The van der Waals surface area contributed by atoms with E-state index < -0.39 is 11.9 Å². The summed E-state index contributed by atoms with van der Waals surface area (Å²) in [5.74, 6) is -0.394. The largest absolute Gasteiger partial charge is 0.374 e. The van der Waals surface area contributed by atoms with Gasteiger partial charge in [-0.3, -0.25) is 4.79 Å². The summed E-state index contributed by atoms with van der Waals surface area (Å²) in [5, 5.41) is 11.5. The number of aromatic nitrogens is 3. The number of hydrogen-bond acceptors (Lipinski definition) is 4. The minimum absolute atomic E-state index is 0.394. The molecular formula is C18H19N5O. The number of nitrogens with two attached hydrogens (primary N) is 1. The van der Waals surface area contributed by atoms with Crippen LogP contribution in [0.15, 0.2) is 60.8 Å². The van der Waals surface area contributed by atoms with Crippen molar-refractivity contribution < 1.29 is 4.79 Å².